The molecule has 1 aliphatic heterocycles. The third-order valence-electron chi connectivity index (χ3n) is 6.23. The summed E-state index contributed by atoms with van der Waals surface area (Å²) in [6.45, 7) is 2.42. The Bertz CT molecular complexity index is 1370. The number of nitrogens with one attached hydrogen (secondary N) is 1. The zero-order chi connectivity index (χ0) is 22.4. The van der Waals surface area contributed by atoms with Gasteiger partial charge in [-0.1, -0.05) is 31.2 Å². The molecule has 0 fully saturated rings. The fourth-order valence-corrected chi connectivity index (χ4v) is 4.93. The molecule has 2 N–H and O–H groups in total. The number of ketones is 1. The number of carbonyl (C=O) groups excluding carboxylic acids is 2. The molecule has 0 aliphatic carbocycles. The van der Waals surface area contributed by atoms with Crippen LogP contribution in [-0.2, 0) is 0 Å². The lowest BCUT2D eigenvalue weighted by Crippen LogP contribution is -2.30. The molecular weight excluding hydrogens is 424 g/mol. The van der Waals surface area contributed by atoms with Crippen LogP contribution < -0.4 is 4.90 Å². The second-order valence-electron chi connectivity index (χ2n) is 8.30. The number of hydrogen-bond donors (Lipinski definition) is 2. The number of aromatic nitrogens is 1. The van der Waals surface area contributed by atoms with Crippen molar-refractivity contribution in [1.82, 2.24) is 4.98 Å². The van der Waals surface area contributed by atoms with E-state index >= 15 is 0 Å². The predicted octanol–water partition coefficient (Wildman–Crippen LogP) is 5.99. The van der Waals surface area contributed by atoms with E-state index in [1.165, 1.54) is 0 Å². The maximum absolute atomic E-state index is 13.5. The third-order valence-corrected chi connectivity index (χ3v) is 6.60. The number of anilines is 1. The minimum absolute atomic E-state index is 0.0243. The van der Waals surface area contributed by atoms with E-state index in [1.807, 2.05) is 43.3 Å². The number of aromatic amines is 1. The highest BCUT2D eigenvalue weighted by Crippen LogP contribution is 2.45. The molecule has 1 aromatic heterocycles. The number of Topliss-reactive ketones (excluding diaryl/α,β-unsaturated/α-hetero) is 1. The molecule has 0 saturated heterocycles. The van der Waals surface area contributed by atoms with Crippen molar-refractivity contribution < 1.29 is 14.7 Å². The van der Waals surface area contributed by atoms with Crippen LogP contribution in [0.2, 0.25) is 0 Å². The minimum Gasteiger partial charge on any atom is -0.507 e. The highest BCUT2D eigenvalue weighted by Gasteiger charge is 2.35. The monoisotopic (exact) mass is 446 g/mol. The van der Waals surface area contributed by atoms with Crippen LogP contribution in [0.3, 0.4) is 0 Å². The first-order valence-electron chi connectivity index (χ1n) is 10.8. The molecule has 0 bridgehead atoms. The Morgan fingerprint density at radius 1 is 1.12 bits per heavy atom. The van der Waals surface area contributed by atoms with E-state index in [0.29, 0.717) is 35.8 Å². The van der Waals surface area contributed by atoms with Crippen molar-refractivity contribution in [3.05, 3.63) is 71.4 Å². The summed E-state index contributed by atoms with van der Waals surface area (Å²) in [7, 11) is 0. The quantitative estimate of drug-likeness (QED) is 0.292. The lowest BCUT2D eigenvalue weighted by atomic mass is 9.95. The Balaban J connectivity index is 1.56. The van der Waals surface area contributed by atoms with E-state index in [0.717, 1.165) is 33.7 Å². The van der Waals surface area contributed by atoms with Gasteiger partial charge in [-0.15, -0.1) is 11.6 Å². The van der Waals surface area contributed by atoms with Gasteiger partial charge in [-0.05, 0) is 41.6 Å². The molecule has 4 aromatic rings. The summed E-state index contributed by atoms with van der Waals surface area (Å²) in [5, 5.41) is 13.1. The average Bonchev–Trinajstić information content (AvgIpc) is 3.40. The van der Waals surface area contributed by atoms with Crippen LogP contribution in [0.1, 0.15) is 52.1 Å². The van der Waals surface area contributed by atoms with E-state index in [9.17, 15) is 14.7 Å². The lowest BCUT2D eigenvalue weighted by molar-refractivity contribution is 0.0975. The normalized spacial score (nSPS) is 15.4. The molecule has 6 heteroatoms. The molecule has 0 radical (unpaired) electrons. The summed E-state index contributed by atoms with van der Waals surface area (Å²) < 4.78 is 0. The first-order valence-corrected chi connectivity index (χ1v) is 11.3. The maximum atomic E-state index is 13.5. The van der Waals surface area contributed by atoms with Gasteiger partial charge in [0, 0.05) is 52.7 Å². The Labute approximate surface area is 190 Å². The molecule has 2 heterocycles. The van der Waals surface area contributed by atoms with Gasteiger partial charge >= 0.3 is 0 Å². The van der Waals surface area contributed by atoms with E-state index in [1.54, 1.807) is 23.1 Å². The van der Waals surface area contributed by atoms with Gasteiger partial charge in [-0.2, -0.15) is 0 Å². The van der Waals surface area contributed by atoms with Gasteiger partial charge in [0.2, 0.25) is 0 Å². The highest BCUT2D eigenvalue weighted by molar-refractivity contribution is 6.19. The first kappa shape index (κ1) is 20.6. The van der Waals surface area contributed by atoms with Crippen molar-refractivity contribution in [3.8, 4) is 5.75 Å². The summed E-state index contributed by atoms with van der Waals surface area (Å²) in [5.41, 5.74) is 3.58. The second kappa shape index (κ2) is 7.99. The van der Waals surface area contributed by atoms with Crippen LogP contribution >= 0.6 is 11.6 Å². The summed E-state index contributed by atoms with van der Waals surface area (Å²) >= 11 is 6.29. The number of H-pyrrole nitrogens is 1. The lowest BCUT2D eigenvalue weighted by Gasteiger charge is -2.17. The maximum Gasteiger partial charge on any atom is 0.274 e. The van der Waals surface area contributed by atoms with E-state index in [2.05, 4.69) is 4.98 Å². The highest BCUT2D eigenvalue weighted by atomic mass is 35.5. The Morgan fingerprint density at radius 3 is 2.66 bits per heavy atom. The molecule has 1 aliphatic rings. The number of nitrogens with zero attached hydrogens (tertiary/aromatic N) is 1. The molecular formula is C26H23ClN2O3. The zero-order valence-electron chi connectivity index (χ0n) is 17.7. The molecule has 3 aromatic carbocycles. The number of amides is 1. The van der Waals surface area contributed by atoms with Crippen molar-refractivity contribution >= 4 is 50.7 Å². The number of halogens is 1. The second-order valence-corrected chi connectivity index (χ2v) is 8.61. The molecule has 1 atom stereocenters. The number of fused-ring (bicyclic) bond motifs is 4. The topological polar surface area (TPSA) is 73.4 Å². The molecule has 1 unspecified atom stereocenters. The number of benzene rings is 3. The van der Waals surface area contributed by atoms with E-state index in [4.69, 9.17) is 11.6 Å². The summed E-state index contributed by atoms with van der Waals surface area (Å²) in [5.74, 6) is 0.406. The van der Waals surface area contributed by atoms with Gasteiger partial charge in [0.1, 0.15) is 11.4 Å². The summed E-state index contributed by atoms with van der Waals surface area (Å²) in [4.78, 5) is 30.6. The van der Waals surface area contributed by atoms with Gasteiger partial charge in [0.15, 0.2) is 5.78 Å². The fourth-order valence-electron chi connectivity index (χ4n) is 4.68. The average molecular weight is 447 g/mol. The van der Waals surface area contributed by atoms with Crippen molar-refractivity contribution in [2.45, 2.75) is 25.7 Å². The number of alkyl halides is 1. The Hall–Kier alpha value is -3.31. The standard InChI is InChI=1S/C26H23ClN2O3/c1-2-5-23(30)15-8-9-20-16(10-15)11-21(28-20)26(32)29-14-17(13-27)25-19-7-4-3-6-18(19)24(31)12-22(25)29/h3-4,6-12,17,28,31H,2,5,13-14H2,1H3. The number of aromatic hydroxyl groups is 1. The van der Waals surface area contributed by atoms with Crippen LogP contribution in [0.25, 0.3) is 21.7 Å². The van der Waals surface area contributed by atoms with Crippen molar-refractivity contribution in [1.29, 1.82) is 0 Å². The van der Waals surface area contributed by atoms with Gasteiger partial charge in [0.25, 0.3) is 5.91 Å². The van der Waals surface area contributed by atoms with E-state index in [-0.39, 0.29) is 23.4 Å². The Morgan fingerprint density at radius 2 is 1.91 bits per heavy atom. The molecule has 1 amide bonds. The number of carbonyl (C=O) groups is 2. The van der Waals surface area contributed by atoms with Crippen LogP contribution in [0, 0.1) is 0 Å². The van der Waals surface area contributed by atoms with Crippen LogP contribution in [-0.4, -0.2) is 34.2 Å². The van der Waals surface area contributed by atoms with Crippen LogP contribution in [0.15, 0.2) is 54.6 Å². The number of phenols is 1. The predicted molar refractivity (Wildman–Crippen MR) is 128 cm³/mol. The first-order chi connectivity index (χ1) is 15.5. The largest absolute Gasteiger partial charge is 0.507 e. The van der Waals surface area contributed by atoms with Gasteiger partial charge in [-0.3, -0.25) is 9.59 Å². The summed E-state index contributed by atoms with van der Waals surface area (Å²) in [6.07, 6.45) is 1.30. The Kier molecular flexibility index (Phi) is 5.14. The number of phenolic OH excluding ortho intramolecular Hbond substituents is 1. The minimum atomic E-state index is -0.189. The zero-order valence-corrected chi connectivity index (χ0v) is 18.4. The van der Waals surface area contributed by atoms with Crippen molar-refractivity contribution in [2.24, 2.45) is 0 Å². The van der Waals surface area contributed by atoms with Crippen molar-refractivity contribution in [2.75, 3.05) is 17.3 Å². The number of rotatable bonds is 5. The molecule has 32 heavy (non-hydrogen) atoms. The third kappa shape index (κ3) is 3.24. The molecule has 5 nitrogen and oxygen atoms in total. The van der Waals surface area contributed by atoms with Crippen LogP contribution in [0.5, 0.6) is 5.75 Å². The fraction of sp³-hybridized carbons (Fsp3) is 0.231. The molecule has 0 spiro atoms. The smallest absolute Gasteiger partial charge is 0.274 e. The SMILES string of the molecule is CCCC(=O)c1ccc2[nH]c(C(=O)N3CC(CCl)c4c3cc(O)c3ccccc43)cc2c1. The van der Waals surface area contributed by atoms with Gasteiger partial charge < -0.3 is 15.0 Å². The van der Waals surface area contributed by atoms with E-state index < -0.39 is 0 Å². The van der Waals surface area contributed by atoms with Gasteiger partial charge in [-0.25, -0.2) is 0 Å². The molecule has 5 rings (SSSR count). The summed E-state index contributed by atoms with van der Waals surface area (Å²) in [6, 6.07) is 16.5. The van der Waals surface area contributed by atoms with Crippen LogP contribution in [0.4, 0.5) is 5.69 Å². The van der Waals surface area contributed by atoms with Crippen molar-refractivity contribution in [3.63, 3.8) is 0 Å². The number of hydrogen-bond acceptors (Lipinski definition) is 3. The molecule has 162 valence electrons. The molecule has 0 saturated carbocycles. The van der Waals surface area contributed by atoms with Gasteiger partial charge in [0.05, 0.1) is 5.69 Å².